The van der Waals surface area contributed by atoms with E-state index < -0.39 is 0 Å². The Bertz CT molecular complexity index is 568. The number of hydrogen-bond donors (Lipinski definition) is 1. The fourth-order valence-corrected chi connectivity index (χ4v) is 3.11. The van der Waals surface area contributed by atoms with Crippen molar-refractivity contribution in [2.75, 3.05) is 19.6 Å². The second-order valence-corrected chi connectivity index (χ2v) is 5.71. The maximum atomic E-state index is 4.10. The van der Waals surface area contributed by atoms with Crippen molar-refractivity contribution in [1.29, 1.82) is 0 Å². The fraction of sp³-hybridized carbons (Fsp3) is 0.389. The zero-order valence-corrected chi connectivity index (χ0v) is 12.6. The summed E-state index contributed by atoms with van der Waals surface area (Å²) in [6, 6.07) is 13.0. The lowest BCUT2D eigenvalue weighted by atomic mass is 9.90. The fourth-order valence-electron chi connectivity index (χ4n) is 3.11. The summed E-state index contributed by atoms with van der Waals surface area (Å²) in [4.78, 5) is 6.61. The Labute approximate surface area is 127 Å². The summed E-state index contributed by atoms with van der Waals surface area (Å²) in [5.74, 6) is 0.580. The van der Waals surface area contributed by atoms with Crippen molar-refractivity contribution in [1.82, 2.24) is 15.2 Å². The Morgan fingerprint density at radius 1 is 1.19 bits per heavy atom. The van der Waals surface area contributed by atoms with Crippen molar-refractivity contribution in [3.05, 3.63) is 65.5 Å². The van der Waals surface area contributed by atoms with Crippen molar-refractivity contribution < 1.29 is 0 Å². The third kappa shape index (κ3) is 3.49. The van der Waals surface area contributed by atoms with E-state index in [2.05, 4.69) is 58.5 Å². The van der Waals surface area contributed by atoms with Gasteiger partial charge in [-0.05, 0) is 35.4 Å². The average Bonchev–Trinajstić information content (AvgIpc) is 2.55. The van der Waals surface area contributed by atoms with Crippen LogP contribution in [0, 0.1) is 0 Å². The summed E-state index contributed by atoms with van der Waals surface area (Å²) >= 11 is 0. The molecular weight excluding hydrogens is 258 g/mol. The number of rotatable bonds is 5. The Morgan fingerprint density at radius 2 is 2.00 bits per heavy atom. The first-order chi connectivity index (χ1) is 10.4. The van der Waals surface area contributed by atoms with E-state index in [4.69, 9.17) is 0 Å². The van der Waals surface area contributed by atoms with Crippen LogP contribution >= 0.6 is 0 Å². The smallest absolute Gasteiger partial charge is 0.0271 e. The second-order valence-electron chi connectivity index (χ2n) is 5.71. The highest BCUT2D eigenvalue weighted by Crippen LogP contribution is 2.25. The van der Waals surface area contributed by atoms with Crippen LogP contribution in [0.5, 0.6) is 0 Å². The summed E-state index contributed by atoms with van der Waals surface area (Å²) in [6.45, 7) is 7.48. The van der Waals surface area contributed by atoms with Gasteiger partial charge in [0.15, 0.2) is 0 Å². The number of nitrogens with one attached hydrogen (secondary N) is 1. The highest BCUT2D eigenvalue weighted by atomic mass is 15.1. The maximum absolute atomic E-state index is 4.10. The van der Waals surface area contributed by atoms with Gasteiger partial charge in [-0.1, -0.05) is 31.2 Å². The molecule has 0 saturated carbocycles. The van der Waals surface area contributed by atoms with Gasteiger partial charge in [0.1, 0.15) is 0 Å². The van der Waals surface area contributed by atoms with Gasteiger partial charge in [0.2, 0.25) is 0 Å². The van der Waals surface area contributed by atoms with Gasteiger partial charge in [0, 0.05) is 44.5 Å². The molecule has 0 saturated heterocycles. The van der Waals surface area contributed by atoms with E-state index in [0.29, 0.717) is 5.92 Å². The molecule has 0 bridgehead atoms. The van der Waals surface area contributed by atoms with Crippen LogP contribution in [0.4, 0.5) is 0 Å². The standard InChI is InChI=1S/C18H23N3/c1-2-21(13-15-7-9-19-10-8-15)14-17-12-20-11-16-5-3-4-6-18(16)17/h3-10,17,20H,2,11-14H2,1H3. The van der Waals surface area contributed by atoms with Gasteiger partial charge < -0.3 is 5.32 Å². The lowest BCUT2D eigenvalue weighted by Crippen LogP contribution is -2.36. The van der Waals surface area contributed by atoms with Gasteiger partial charge in [-0.15, -0.1) is 0 Å². The van der Waals surface area contributed by atoms with E-state index >= 15 is 0 Å². The molecule has 3 rings (SSSR count). The minimum Gasteiger partial charge on any atom is -0.312 e. The number of hydrogen-bond acceptors (Lipinski definition) is 3. The van der Waals surface area contributed by atoms with Crippen molar-refractivity contribution in [2.24, 2.45) is 0 Å². The third-order valence-electron chi connectivity index (χ3n) is 4.28. The van der Waals surface area contributed by atoms with Crippen molar-refractivity contribution >= 4 is 0 Å². The molecule has 1 N–H and O–H groups in total. The number of likely N-dealkylation sites (N-methyl/N-ethyl adjacent to an activating group) is 1. The van der Waals surface area contributed by atoms with E-state index in [0.717, 1.165) is 32.7 Å². The van der Waals surface area contributed by atoms with Crippen molar-refractivity contribution in [3.63, 3.8) is 0 Å². The first kappa shape index (κ1) is 14.2. The number of nitrogens with zero attached hydrogens (tertiary/aromatic N) is 2. The van der Waals surface area contributed by atoms with E-state index in [9.17, 15) is 0 Å². The highest BCUT2D eigenvalue weighted by Gasteiger charge is 2.21. The Hall–Kier alpha value is -1.71. The first-order valence-electron chi connectivity index (χ1n) is 7.76. The molecule has 1 aliphatic rings. The molecule has 1 aromatic carbocycles. The number of fused-ring (bicyclic) bond motifs is 1. The molecular formula is C18H23N3. The maximum Gasteiger partial charge on any atom is 0.0271 e. The quantitative estimate of drug-likeness (QED) is 0.913. The van der Waals surface area contributed by atoms with Crippen LogP contribution in [0.2, 0.25) is 0 Å². The van der Waals surface area contributed by atoms with Crippen LogP contribution in [-0.2, 0) is 13.1 Å². The van der Waals surface area contributed by atoms with Gasteiger partial charge in [0.25, 0.3) is 0 Å². The van der Waals surface area contributed by atoms with Gasteiger partial charge in [-0.25, -0.2) is 0 Å². The molecule has 0 fully saturated rings. The lowest BCUT2D eigenvalue weighted by molar-refractivity contribution is 0.254. The Balaban J connectivity index is 1.70. The molecule has 1 aliphatic heterocycles. The number of aromatic nitrogens is 1. The largest absolute Gasteiger partial charge is 0.312 e. The van der Waals surface area contributed by atoms with E-state index in [-0.39, 0.29) is 0 Å². The molecule has 0 spiro atoms. The van der Waals surface area contributed by atoms with Gasteiger partial charge in [0.05, 0.1) is 0 Å². The third-order valence-corrected chi connectivity index (χ3v) is 4.28. The van der Waals surface area contributed by atoms with Crippen LogP contribution in [0.3, 0.4) is 0 Å². The summed E-state index contributed by atoms with van der Waals surface area (Å²) in [5.41, 5.74) is 4.31. The molecule has 110 valence electrons. The molecule has 3 heteroatoms. The molecule has 1 unspecified atom stereocenters. The highest BCUT2D eigenvalue weighted by molar-refractivity contribution is 5.33. The summed E-state index contributed by atoms with van der Waals surface area (Å²) in [6.07, 6.45) is 3.75. The lowest BCUT2D eigenvalue weighted by Gasteiger charge is -2.31. The molecule has 2 heterocycles. The van der Waals surface area contributed by atoms with Crippen LogP contribution < -0.4 is 5.32 Å². The number of pyridine rings is 1. The van der Waals surface area contributed by atoms with Crippen molar-refractivity contribution in [3.8, 4) is 0 Å². The van der Waals surface area contributed by atoms with E-state index in [1.54, 1.807) is 0 Å². The molecule has 3 nitrogen and oxygen atoms in total. The van der Waals surface area contributed by atoms with Crippen molar-refractivity contribution in [2.45, 2.75) is 25.9 Å². The van der Waals surface area contributed by atoms with Crippen LogP contribution in [-0.4, -0.2) is 29.5 Å². The van der Waals surface area contributed by atoms with Gasteiger partial charge in [-0.3, -0.25) is 9.88 Å². The van der Waals surface area contributed by atoms with Crippen LogP contribution in [0.25, 0.3) is 0 Å². The molecule has 1 atom stereocenters. The second kappa shape index (κ2) is 6.83. The normalized spacial score (nSPS) is 17.7. The summed E-state index contributed by atoms with van der Waals surface area (Å²) in [5, 5.41) is 3.55. The molecule has 1 aromatic heterocycles. The Morgan fingerprint density at radius 3 is 2.81 bits per heavy atom. The average molecular weight is 281 g/mol. The summed E-state index contributed by atoms with van der Waals surface area (Å²) in [7, 11) is 0. The van der Waals surface area contributed by atoms with Gasteiger partial charge >= 0.3 is 0 Å². The minimum absolute atomic E-state index is 0.580. The molecule has 2 aromatic rings. The molecule has 0 amide bonds. The van der Waals surface area contributed by atoms with Crippen LogP contribution in [0.15, 0.2) is 48.8 Å². The topological polar surface area (TPSA) is 28.2 Å². The van der Waals surface area contributed by atoms with Gasteiger partial charge in [-0.2, -0.15) is 0 Å². The van der Waals surface area contributed by atoms with Crippen LogP contribution in [0.1, 0.15) is 29.5 Å². The molecule has 21 heavy (non-hydrogen) atoms. The zero-order valence-electron chi connectivity index (χ0n) is 12.6. The minimum atomic E-state index is 0.580. The molecule has 0 radical (unpaired) electrons. The zero-order chi connectivity index (χ0) is 14.5. The number of benzene rings is 1. The first-order valence-corrected chi connectivity index (χ1v) is 7.76. The Kier molecular flexibility index (Phi) is 4.63. The van der Waals surface area contributed by atoms with E-state index in [1.807, 2.05) is 12.4 Å². The molecule has 0 aliphatic carbocycles. The predicted molar refractivity (Wildman–Crippen MR) is 86.1 cm³/mol. The monoisotopic (exact) mass is 281 g/mol. The van der Waals surface area contributed by atoms with E-state index in [1.165, 1.54) is 16.7 Å². The SMILES string of the molecule is CCN(Cc1ccncc1)CC1CNCc2ccccc21. The predicted octanol–water partition coefficient (Wildman–Crippen LogP) is 2.79. The summed E-state index contributed by atoms with van der Waals surface area (Å²) < 4.78 is 0.